The van der Waals surface area contributed by atoms with Gasteiger partial charge >= 0.3 is 0 Å². The Labute approximate surface area is 178 Å². The van der Waals surface area contributed by atoms with Gasteiger partial charge in [0.1, 0.15) is 0 Å². The maximum Gasteiger partial charge on any atom is 0.225 e. The Morgan fingerprint density at radius 1 is 0.833 bits per heavy atom. The summed E-state index contributed by atoms with van der Waals surface area (Å²) in [6.07, 6.45) is 8.38. The summed E-state index contributed by atoms with van der Waals surface area (Å²) in [7, 11) is 1.77. The molecule has 6 nitrogen and oxygen atoms in total. The number of carbonyl (C=O) groups excluding carboxylic acids is 3. The van der Waals surface area contributed by atoms with E-state index in [1.54, 1.807) is 20.0 Å². The highest BCUT2D eigenvalue weighted by Crippen LogP contribution is 2.61. The maximum absolute atomic E-state index is 13.6. The predicted octanol–water partition coefficient (Wildman–Crippen LogP) is 3.28. The van der Waals surface area contributed by atoms with E-state index in [4.69, 9.17) is 0 Å². The van der Waals surface area contributed by atoms with E-state index in [-0.39, 0.29) is 29.7 Å². The number of rotatable bonds is 7. The lowest BCUT2D eigenvalue weighted by atomic mass is 9.91. The summed E-state index contributed by atoms with van der Waals surface area (Å²) in [6.45, 7) is 1.79. The molecule has 3 fully saturated rings. The molecular formula is C24H33N3O3. The zero-order valence-electron chi connectivity index (χ0n) is 18.0. The van der Waals surface area contributed by atoms with Gasteiger partial charge in [0.25, 0.3) is 0 Å². The van der Waals surface area contributed by atoms with Crippen LogP contribution in [0.4, 0.5) is 5.69 Å². The van der Waals surface area contributed by atoms with Crippen molar-refractivity contribution < 1.29 is 14.4 Å². The molecule has 0 spiro atoms. The molecule has 0 aliphatic heterocycles. The molecule has 1 aromatic rings. The molecule has 0 bridgehead atoms. The van der Waals surface area contributed by atoms with Gasteiger partial charge in [0.05, 0.1) is 17.3 Å². The van der Waals surface area contributed by atoms with Crippen LogP contribution in [0.2, 0.25) is 0 Å². The third-order valence-electron chi connectivity index (χ3n) is 7.41. The van der Waals surface area contributed by atoms with Gasteiger partial charge in [-0.25, -0.2) is 0 Å². The second-order valence-corrected chi connectivity index (χ2v) is 9.34. The molecular weight excluding hydrogens is 378 g/mol. The van der Waals surface area contributed by atoms with Gasteiger partial charge in [-0.15, -0.1) is 0 Å². The highest BCUT2D eigenvalue weighted by atomic mass is 16.2. The lowest BCUT2D eigenvalue weighted by molar-refractivity contribution is -0.128. The second kappa shape index (κ2) is 8.40. The van der Waals surface area contributed by atoms with E-state index in [0.717, 1.165) is 57.1 Å². The van der Waals surface area contributed by atoms with Crippen molar-refractivity contribution in [2.24, 2.45) is 17.3 Å². The van der Waals surface area contributed by atoms with Gasteiger partial charge in [0, 0.05) is 30.4 Å². The van der Waals surface area contributed by atoms with Crippen molar-refractivity contribution in [3.63, 3.8) is 0 Å². The average molecular weight is 412 g/mol. The van der Waals surface area contributed by atoms with Gasteiger partial charge in [-0.3, -0.25) is 14.4 Å². The first kappa shape index (κ1) is 20.9. The molecule has 3 atom stereocenters. The molecule has 1 aromatic carbocycles. The SMILES string of the molecule is CNc1ccccc1C(=O)C1(C)[C@H](C(=O)NC2CCCC2)[C@@H]1C(=O)NC1CCCC1. The topological polar surface area (TPSA) is 87.3 Å². The van der Waals surface area contributed by atoms with Gasteiger partial charge in [-0.1, -0.05) is 44.7 Å². The minimum Gasteiger partial charge on any atom is -0.388 e. The summed E-state index contributed by atoms with van der Waals surface area (Å²) in [5, 5.41) is 9.31. The fourth-order valence-electron chi connectivity index (χ4n) is 5.55. The number of anilines is 1. The van der Waals surface area contributed by atoms with E-state index in [1.165, 1.54) is 0 Å². The number of Topliss-reactive ketones (excluding diaryl/α,β-unsaturated/α-hetero) is 1. The highest BCUT2D eigenvalue weighted by molar-refractivity contribution is 6.14. The van der Waals surface area contributed by atoms with E-state index in [0.29, 0.717) is 5.56 Å². The van der Waals surface area contributed by atoms with Crippen molar-refractivity contribution in [1.82, 2.24) is 10.6 Å². The first-order chi connectivity index (χ1) is 14.5. The summed E-state index contributed by atoms with van der Waals surface area (Å²) in [6, 6.07) is 7.64. The Hall–Kier alpha value is -2.37. The summed E-state index contributed by atoms with van der Waals surface area (Å²) in [5.41, 5.74) is 0.246. The van der Waals surface area contributed by atoms with Gasteiger partial charge < -0.3 is 16.0 Å². The Balaban J connectivity index is 1.58. The van der Waals surface area contributed by atoms with Crippen molar-refractivity contribution >= 4 is 23.3 Å². The number of ketones is 1. The number of benzene rings is 1. The van der Waals surface area contributed by atoms with Crippen molar-refractivity contribution in [2.75, 3.05) is 12.4 Å². The molecule has 3 aliphatic rings. The molecule has 1 unspecified atom stereocenters. The number of amides is 2. The first-order valence-electron chi connectivity index (χ1n) is 11.4. The van der Waals surface area contributed by atoms with Crippen LogP contribution in [0.5, 0.6) is 0 Å². The zero-order chi connectivity index (χ0) is 21.3. The minimum atomic E-state index is -1.02. The van der Waals surface area contributed by atoms with Crippen molar-refractivity contribution in [3.8, 4) is 0 Å². The third kappa shape index (κ3) is 3.72. The number of para-hydroxylation sites is 1. The second-order valence-electron chi connectivity index (χ2n) is 9.34. The van der Waals surface area contributed by atoms with E-state index in [1.807, 2.05) is 18.2 Å². The van der Waals surface area contributed by atoms with E-state index < -0.39 is 17.3 Å². The monoisotopic (exact) mass is 411 g/mol. The molecule has 4 rings (SSSR count). The summed E-state index contributed by atoms with van der Waals surface area (Å²) in [5.74, 6) is -1.66. The molecule has 0 radical (unpaired) electrons. The molecule has 3 saturated carbocycles. The lowest BCUT2D eigenvalue weighted by Crippen LogP contribution is -2.37. The van der Waals surface area contributed by atoms with Crippen LogP contribution < -0.4 is 16.0 Å². The molecule has 0 heterocycles. The Kier molecular flexibility index (Phi) is 5.85. The van der Waals surface area contributed by atoms with Gasteiger partial charge in [-0.05, 0) is 37.8 Å². The number of nitrogens with one attached hydrogen (secondary N) is 3. The standard InChI is InChI=1S/C24H33N3O3/c1-24(21(28)17-13-7-8-14-18(17)25-2)19(22(29)26-15-9-3-4-10-15)20(24)23(30)27-16-11-5-6-12-16/h7-8,13-16,19-20,25H,3-6,9-12H2,1-2H3,(H,26,29)(H,27,30)/t19-,20+,24?. The lowest BCUT2D eigenvalue weighted by Gasteiger charge is -2.16. The summed E-state index contributed by atoms with van der Waals surface area (Å²) in [4.78, 5) is 39.9. The predicted molar refractivity (Wildman–Crippen MR) is 116 cm³/mol. The van der Waals surface area contributed by atoms with Crippen molar-refractivity contribution in [2.45, 2.75) is 70.4 Å². The van der Waals surface area contributed by atoms with Gasteiger partial charge in [0.15, 0.2) is 5.78 Å². The van der Waals surface area contributed by atoms with E-state index in [2.05, 4.69) is 16.0 Å². The van der Waals surface area contributed by atoms with Crippen molar-refractivity contribution in [1.29, 1.82) is 0 Å². The molecule has 0 saturated heterocycles. The Morgan fingerprint density at radius 2 is 1.30 bits per heavy atom. The van der Waals surface area contributed by atoms with E-state index in [9.17, 15) is 14.4 Å². The third-order valence-corrected chi connectivity index (χ3v) is 7.41. The van der Waals surface area contributed by atoms with E-state index >= 15 is 0 Å². The Morgan fingerprint density at radius 3 is 1.77 bits per heavy atom. The van der Waals surface area contributed by atoms with Crippen LogP contribution >= 0.6 is 0 Å². The molecule has 3 N–H and O–H groups in total. The minimum absolute atomic E-state index is 0.134. The van der Waals surface area contributed by atoms with Crippen LogP contribution in [-0.4, -0.2) is 36.7 Å². The average Bonchev–Trinajstić information content (AvgIpc) is 3.14. The van der Waals surface area contributed by atoms with Crippen LogP contribution in [-0.2, 0) is 9.59 Å². The number of hydrogen-bond donors (Lipinski definition) is 3. The fourth-order valence-corrected chi connectivity index (χ4v) is 5.55. The summed E-state index contributed by atoms with van der Waals surface area (Å²) < 4.78 is 0. The Bertz CT molecular complexity index is 789. The largest absolute Gasteiger partial charge is 0.388 e. The normalized spacial score (nSPS) is 28.9. The van der Waals surface area contributed by atoms with Crippen LogP contribution in [0.3, 0.4) is 0 Å². The summed E-state index contributed by atoms with van der Waals surface area (Å²) >= 11 is 0. The highest BCUT2D eigenvalue weighted by Gasteiger charge is 2.72. The van der Waals surface area contributed by atoms with Crippen LogP contribution in [0.15, 0.2) is 24.3 Å². The number of carbonyl (C=O) groups is 3. The molecule has 3 aliphatic carbocycles. The van der Waals surface area contributed by atoms with Gasteiger partial charge in [0.2, 0.25) is 11.8 Å². The molecule has 30 heavy (non-hydrogen) atoms. The molecule has 162 valence electrons. The van der Waals surface area contributed by atoms with Crippen molar-refractivity contribution in [3.05, 3.63) is 29.8 Å². The quantitative estimate of drug-likeness (QED) is 0.601. The number of hydrogen-bond acceptors (Lipinski definition) is 4. The smallest absolute Gasteiger partial charge is 0.225 e. The molecule has 2 amide bonds. The fraction of sp³-hybridized carbons (Fsp3) is 0.625. The maximum atomic E-state index is 13.6. The van der Waals surface area contributed by atoms with Crippen LogP contribution in [0, 0.1) is 17.3 Å². The van der Waals surface area contributed by atoms with Crippen LogP contribution in [0.25, 0.3) is 0 Å². The zero-order valence-corrected chi connectivity index (χ0v) is 18.0. The van der Waals surface area contributed by atoms with Crippen LogP contribution in [0.1, 0.15) is 68.6 Å². The van der Waals surface area contributed by atoms with Gasteiger partial charge in [-0.2, -0.15) is 0 Å². The first-order valence-corrected chi connectivity index (χ1v) is 11.4. The molecule has 0 aromatic heterocycles. The molecule has 6 heteroatoms.